The number of hydrogen-bond acceptors (Lipinski definition) is 2. The van der Waals surface area contributed by atoms with Gasteiger partial charge in [-0.2, -0.15) is 0 Å². The molecule has 33 heavy (non-hydrogen) atoms. The van der Waals surface area contributed by atoms with E-state index in [0.29, 0.717) is 54.7 Å². The molecule has 0 bridgehead atoms. The lowest BCUT2D eigenvalue weighted by atomic mass is 10.0. The summed E-state index contributed by atoms with van der Waals surface area (Å²) in [6.45, 7) is 0.540. The van der Waals surface area contributed by atoms with Gasteiger partial charge in [0.2, 0.25) is 0 Å². The molecule has 6 aromatic rings. The molecule has 4 nitrogen and oxygen atoms in total. The normalized spacial score (nSPS) is 11.7. The standard InChI is InChI=1S/C27H16Cl2N2O2/c28-16-6-8-22-18(10-16)26(32)19-13-25-21(12-23(19)30-22)27(33)20-11-17(29)7-9-24(20)31(25)14-15-4-2-1-3-5-15/h1-13H,14H2,(H,30,32). The van der Waals surface area contributed by atoms with E-state index in [1.807, 2.05) is 42.5 Å². The van der Waals surface area contributed by atoms with Gasteiger partial charge in [-0.15, -0.1) is 0 Å². The number of benzene rings is 4. The molecule has 1 N–H and O–H groups in total. The van der Waals surface area contributed by atoms with E-state index in [2.05, 4.69) is 9.55 Å². The SMILES string of the molecule is O=c1c2cc(Cl)ccc2[nH]c2cc3c(=O)c4cc(Cl)ccc4n(Cc4ccccc4)c3cc12. The van der Waals surface area contributed by atoms with Crippen LogP contribution in [0.2, 0.25) is 10.0 Å². The molecule has 0 aliphatic rings. The first-order valence-corrected chi connectivity index (χ1v) is 11.2. The third-order valence-electron chi connectivity index (χ3n) is 6.09. The van der Waals surface area contributed by atoms with Crippen LogP contribution < -0.4 is 10.9 Å². The average Bonchev–Trinajstić information content (AvgIpc) is 2.82. The van der Waals surface area contributed by atoms with Crippen LogP contribution in [0.1, 0.15) is 5.56 Å². The Balaban J connectivity index is 1.79. The highest BCUT2D eigenvalue weighted by molar-refractivity contribution is 6.31. The molecule has 0 aliphatic heterocycles. The zero-order valence-corrected chi connectivity index (χ0v) is 18.7. The predicted octanol–water partition coefficient (Wildman–Crippen LogP) is 6.50. The number of aromatic nitrogens is 2. The van der Waals surface area contributed by atoms with Crippen molar-refractivity contribution in [3.63, 3.8) is 0 Å². The first-order chi connectivity index (χ1) is 16.0. The van der Waals surface area contributed by atoms with Gasteiger partial charge >= 0.3 is 0 Å². The Kier molecular flexibility index (Phi) is 4.54. The zero-order valence-electron chi connectivity index (χ0n) is 17.2. The predicted molar refractivity (Wildman–Crippen MR) is 137 cm³/mol. The summed E-state index contributed by atoms with van der Waals surface area (Å²) in [7, 11) is 0. The van der Waals surface area contributed by atoms with Gasteiger partial charge in [-0.1, -0.05) is 53.5 Å². The second-order valence-electron chi connectivity index (χ2n) is 8.12. The van der Waals surface area contributed by atoms with Crippen LogP contribution in [0, 0.1) is 0 Å². The van der Waals surface area contributed by atoms with Crippen LogP contribution in [0.4, 0.5) is 0 Å². The molecule has 0 spiro atoms. The van der Waals surface area contributed by atoms with Gasteiger partial charge in [0.05, 0.1) is 16.6 Å². The van der Waals surface area contributed by atoms with Gasteiger partial charge in [0.1, 0.15) is 0 Å². The highest BCUT2D eigenvalue weighted by atomic mass is 35.5. The Morgan fingerprint density at radius 2 is 1.27 bits per heavy atom. The molecule has 6 rings (SSSR count). The quantitative estimate of drug-likeness (QED) is 0.293. The fourth-order valence-corrected chi connectivity index (χ4v) is 4.87. The number of fused-ring (bicyclic) bond motifs is 4. The number of rotatable bonds is 2. The van der Waals surface area contributed by atoms with Crippen LogP contribution in [0.5, 0.6) is 0 Å². The number of nitrogens with zero attached hydrogens (tertiary/aromatic N) is 1. The monoisotopic (exact) mass is 470 g/mol. The number of aromatic amines is 1. The molecular formula is C27H16Cl2N2O2. The number of nitrogens with one attached hydrogen (secondary N) is 1. The maximum atomic E-state index is 13.5. The molecule has 0 fully saturated rings. The smallest absolute Gasteiger partial charge is 0.197 e. The number of hydrogen-bond donors (Lipinski definition) is 1. The first-order valence-electron chi connectivity index (χ1n) is 10.4. The third kappa shape index (κ3) is 3.22. The summed E-state index contributed by atoms with van der Waals surface area (Å²) in [5.74, 6) is 0. The molecule has 0 aliphatic carbocycles. The Morgan fingerprint density at radius 1 is 0.636 bits per heavy atom. The second kappa shape index (κ2) is 7.48. The van der Waals surface area contributed by atoms with Crippen molar-refractivity contribution in [3.8, 4) is 0 Å². The van der Waals surface area contributed by atoms with E-state index in [0.717, 1.165) is 11.1 Å². The summed E-state index contributed by atoms with van der Waals surface area (Å²) in [6.07, 6.45) is 0. The average molecular weight is 471 g/mol. The highest BCUT2D eigenvalue weighted by Gasteiger charge is 2.15. The lowest BCUT2D eigenvalue weighted by Crippen LogP contribution is -2.14. The minimum atomic E-state index is -0.127. The summed E-state index contributed by atoms with van der Waals surface area (Å²) in [4.78, 5) is 30.2. The number of H-pyrrole nitrogens is 1. The number of pyridine rings is 2. The maximum absolute atomic E-state index is 13.5. The van der Waals surface area contributed by atoms with E-state index < -0.39 is 0 Å². The van der Waals surface area contributed by atoms with Crippen molar-refractivity contribution >= 4 is 66.8 Å². The fraction of sp³-hybridized carbons (Fsp3) is 0.0370. The van der Waals surface area contributed by atoms with Gasteiger partial charge in [0, 0.05) is 43.7 Å². The van der Waals surface area contributed by atoms with E-state index in [-0.39, 0.29) is 10.9 Å². The third-order valence-corrected chi connectivity index (χ3v) is 6.56. The van der Waals surface area contributed by atoms with E-state index >= 15 is 0 Å². The van der Waals surface area contributed by atoms with Crippen LogP contribution in [0.3, 0.4) is 0 Å². The van der Waals surface area contributed by atoms with Crippen LogP contribution >= 0.6 is 23.2 Å². The van der Waals surface area contributed by atoms with Crippen LogP contribution in [-0.4, -0.2) is 9.55 Å². The molecule has 2 heterocycles. The molecule has 0 atom stereocenters. The first kappa shape index (κ1) is 20.0. The second-order valence-corrected chi connectivity index (χ2v) is 8.99. The van der Waals surface area contributed by atoms with Crippen molar-refractivity contribution in [3.05, 3.63) is 115 Å². The zero-order chi connectivity index (χ0) is 22.7. The lowest BCUT2D eigenvalue weighted by molar-refractivity contribution is 0.863. The van der Waals surface area contributed by atoms with Gasteiger partial charge in [-0.3, -0.25) is 9.59 Å². The van der Waals surface area contributed by atoms with Crippen molar-refractivity contribution in [1.29, 1.82) is 0 Å². The van der Waals surface area contributed by atoms with Gasteiger partial charge in [-0.25, -0.2) is 0 Å². The summed E-state index contributed by atoms with van der Waals surface area (Å²) in [5.41, 5.74) is 3.57. The maximum Gasteiger partial charge on any atom is 0.197 e. The molecule has 0 saturated heterocycles. The summed E-state index contributed by atoms with van der Waals surface area (Å²) in [6, 6.07) is 24.1. The minimum absolute atomic E-state index is 0.120. The Morgan fingerprint density at radius 3 is 2.06 bits per heavy atom. The molecule has 2 aromatic heterocycles. The largest absolute Gasteiger partial charge is 0.354 e. The Labute approximate surface area is 197 Å². The number of halogens is 2. The van der Waals surface area contributed by atoms with E-state index in [1.54, 1.807) is 36.4 Å². The van der Waals surface area contributed by atoms with E-state index in [4.69, 9.17) is 23.2 Å². The Hall–Kier alpha value is -3.60. The van der Waals surface area contributed by atoms with Crippen LogP contribution in [0.15, 0.2) is 88.5 Å². The van der Waals surface area contributed by atoms with Gasteiger partial charge in [-0.05, 0) is 54.1 Å². The molecular weight excluding hydrogens is 455 g/mol. The summed E-state index contributed by atoms with van der Waals surface area (Å²) >= 11 is 12.4. The van der Waals surface area contributed by atoms with Gasteiger partial charge < -0.3 is 9.55 Å². The minimum Gasteiger partial charge on any atom is -0.354 e. The van der Waals surface area contributed by atoms with Crippen LogP contribution in [-0.2, 0) is 6.54 Å². The Bertz CT molecular complexity index is 1850. The summed E-state index contributed by atoms with van der Waals surface area (Å²) in [5, 5.41) is 3.09. The van der Waals surface area contributed by atoms with E-state index in [9.17, 15) is 9.59 Å². The molecule has 0 radical (unpaired) electrons. The molecule has 6 heteroatoms. The van der Waals surface area contributed by atoms with Crippen molar-refractivity contribution in [1.82, 2.24) is 9.55 Å². The van der Waals surface area contributed by atoms with Gasteiger partial charge in [0.25, 0.3) is 0 Å². The molecule has 0 unspecified atom stereocenters. The molecule has 4 aromatic carbocycles. The van der Waals surface area contributed by atoms with Crippen LogP contribution in [0.25, 0.3) is 43.6 Å². The van der Waals surface area contributed by atoms with Crippen molar-refractivity contribution in [2.75, 3.05) is 0 Å². The molecule has 0 saturated carbocycles. The topological polar surface area (TPSA) is 54.9 Å². The van der Waals surface area contributed by atoms with Crippen molar-refractivity contribution in [2.24, 2.45) is 0 Å². The molecule has 0 amide bonds. The fourth-order valence-electron chi connectivity index (χ4n) is 4.52. The highest BCUT2D eigenvalue weighted by Crippen LogP contribution is 2.27. The summed E-state index contributed by atoms with van der Waals surface area (Å²) < 4.78 is 2.07. The van der Waals surface area contributed by atoms with E-state index in [1.165, 1.54) is 0 Å². The molecule has 160 valence electrons. The van der Waals surface area contributed by atoms with Crippen molar-refractivity contribution < 1.29 is 0 Å². The van der Waals surface area contributed by atoms with Gasteiger partial charge in [0.15, 0.2) is 10.9 Å². The lowest BCUT2D eigenvalue weighted by Gasteiger charge is -2.16. The van der Waals surface area contributed by atoms with Crippen molar-refractivity contribution in [2.45, 2.75) is 6.54 Å².